The fourth-order valence-electron chi connectivity index (χ4n) is 2.35. The summed E-state index contributed by atoms with van der Waals surface area (Å²) in [5, 5.41) is 3.34. The van der Waals surface area contributed by atoms with Crippen LogP contribution >= 0.6 is 0 Å². The van der Waals surface area contributed by atoms with Gasteiger partial charge in [0.1, 0.15) is 0 Å². The third-order valence-electron chi connectivity index (χ3n) is 3.80. The highest BCUT2D eigenvalue weighted by Crippen LogP contribution is 2.34. The molecule has 1 aliphatic heterocycles. The highest BCUT2D eigenvalue weighted by molar-refractivity contribution is 5.83. The first-order valence-electron chi connectivity index (χ1n) is 5.70. The van der Waals surface area contributed by atoms with Crippen molar-refractivity contribution in [3.63, 3.8) is 0 Å². The summed E-state index contributed by atoms with van der Waals surface area (Å²) in [6, 6.07) is 0.0163. The fourth-order valence-corrected chi connectivity index (χ4v) is 2.35. The summed E-state index contributed by atoms with van der Waals surface area (Å²) < 4.78 is 5.51. The predicted molar refractivity (Wildman–Crippen MR) is 57.6 cm³/mol. The molecule has 1 atom stereocenters. The molecule has 15 heavy (non-hydrogen) atoms. The van der Waals surface area contributed by atoms with Crippen LogP contribution in [0.4, 0.5) is 0 Å². The van der Waals surface area contributed by atoms with Crippen molar-refractivity contribution in [1.29, 1.82) is 0 Å². The Bertz CT molecular complexity index is 245. The number of hydrogen-bond acceptors (Lipinski definition) is 3. The number of nitrogens with one attached hydrogen (secondary N) is 1. The minimum Gasteiger partial charge on any atom is -0.377 e. The highest BCUT2D eigenvalue weighted by Gasteiger charge is 2.38. The zero-order valence-electron chi connectivity index (χ0n) is 9.58. The second-order valence-corrected chi connectivity index (χ2v) is 4.72. The lowest BCUT2D eigenvalue weighted by Gasteiger charge is -2.41. The molecule has 1 aliphatic carbocycles. The molecule has 0 radical (unpaired) electrons. The molecule has 2 rings (SSSR count). The van der Waals surface area contributed by atoms with Crippen molar-refractivity contribution in [2.45, 2.75) is 37.3 Å². The first-order valence-corrected chi connectivity index (χ1v) is 5.70. The Hall–Kier alpha value is -0.610. The minimum absolute atomic E-state index is 0.0153. The van der Waals surface area contributed by atoms with E-state index in [4.69, 9.17) is 4.74 Å². The average molecular weight is 212 g/mol. The van der Waals surface area contributed by atoms with E-state index in [-0.39, 0.29) is 17.6 Å². The summed E-state index contributed by atoms with van der Waals surface area (Å²) >= 11 is 0. The van der Waals surface area contributed by atoms with Crippen LogP contribution in [0.1, 0.15) is 25.7 Å². The van der Waals surface area contributed by atoms with Crippen LogP contribution in [0.15, 0.2) is 0 Å². The van der Waals surface area contributed by atoms with Crippen molar-refractivity contribution in [1.82, 2.24) is 10.2 Å². The van der Waals surface area contributed by atoms with Gasteiger partial charge in [0.05, 0.1) is 11.6 Å². The van der Waals surface area contributed by atoms with E-state index < -0.39 is 0 Å². The van der Waals surface area contributed by atoms with Crippen LogP contribution in [0.3, 0.4) is 0 Å². The Balaban J connectivity index is 1.80. The van der Waals surface area contributed by atoms with E-state index in [1.165, 1.54) is 6.42 Å². The maximum absolute atomic E-state index is 11.6. The number of amides is 1. The lowest BCUT2D eigenvalue weighted by molar-refractivity contribution is -0.129. The molecule has 1 amide bonds. The van der Waals surface area contributed by atoms with Crippen molar-refractivity contribution in [3.05, 3.63) is 0 Å². The molecule has 0 bridgehead atoms. The molecule has 86 valence electrons. The summed E-state index contributed by atoms with van der Waals surface area (Å²) in [5.74, 6) is 0.223. The Morgan fingerprint density at radius 2 is 2.33 bits per heavy atom. The number of ether oxygens (including phenoxy) is 1. The van der Waals surface area contributed by atoms with Crippen LogP contribution in [0, 0.1) is 0 Å². The van der Waals surface area contributed by atoms with E-state index in [0.717, 1.165) is 32.4 Å². The zero-order chi connectivity index (χ0) is 10.9. The van der Waals surface area contributed by atoms with Gasteiger partial charge >= 0.3 is 0 Å². The van der Waals surface area contributed by atoms with Gasteiger partial charge < -0.3 is 15.0 Å². The molecule has 0 aromatic heterocycles. The lowest BCUT2D eigenvalue weighted by Crippen LogP contribution is -2.51. The number of rotatable bonds is 4. The molecule has 4 nitrogen and oxygen atoms in total. The highest BCUT2D eigenvalue weighted by atomic mass is 16.5. The van der Waals surface area contributed by atoms with E-state index in [1.807, 2.05) is 7.05 Å². The van der Waals surface area contributed by atoms with Gasteiger partial charge in [0.25, 0.3) is 0 Å². The number of hydrogen-bond donors (Lipinski definition) is 1. The minimum atomic E-state index is 0.0153. The fraction of sp³-hybridized carbons (Fsp3) is 0.909. The second kappa shape index (κ2) is 4.10. The van der Waals surface area contributed by atoms with E-state index in [9.17, 15) is 4.79 Å². The topological polar surface area (TPSA) is 41.6 Å². The normalized spacial score (nSPS) is 29.3. The van der Waals surface area contributed by atoms with Gasteiger partial charge in [0.15, 0.2) is 0 Å². The van der Waals surface area contributed by atoms with Crippen LogP contribution in [0.2, 0.25) is 0 Å². The SMILES string of the molecule is COC1(CNC2CCN(C)C2=O)CCC1. The number of carbonyl (C=O) groups is 1. The Morgan fingerprint density at radius 1 is 1.60 bits per heavy atom. The standard InChI is InChI=1S/C11H20N2O2/c1-13-7-4-9(10(13)14)12-8-11(15-2)5-3-6-11/h9,12H,3-8H2,1-2H3. The number of carbonyl (C=O) groups excluding carboxylic acids is 1. The van der Waals surface area contributed by atoms with Crippen molar-refractivity contribution in [2.24, 2.45) is 0 Å². The zero-order valence-corrected chi connectivity index (χ0v) is 9.58. The molecule has 1 heterocycles. The summed E-state index contributed by atoms with van der Waals surface area (Å²) in [5.41, 5.74) is 0.0153. The molecule has 1 N–H and O–H groups in total. The summed E-state index contributed by atoms with van der Waals surface area (Å²) in [4.78, 5) is 13.4. The molecular formula is C11H20N2O2. The van der Waals surface area contributed by atoms with Gasteiger partial charge in [-0.3, -0.25) is 4.79 Å². The third kappa shape index (κ3) is 2.01. The van der Waals surface area contributed by atoms with Gasteiger partial charge in [0, 0.05) is 27.2 Å². The first kappa shape index (κ1) is 10.9. The summed E-state index contributed by atoms with van der Waals surface area (Å²) in [6.07, 6.45) is 4.41. The van der Waals surface area contributed by atoms with Gasteiger partial charge in [-0.2, -0.15) is 0 Å². The van der Waals surface area contributed by atoms with E-state index in [1.54, 1.807) is 12.0 Å². The summed E-state index contributed by atoms with van der Waals surface area (Å²) in [7, 11) is 3.63. The van der Waals surface area contributed by atoms with Gasteiger partial charge in [-0.05, 0) is 25.7 Å². The first-order chi connectivity index (χ1) is 7.17. The van der Waals surface area contributed by atoms with Gasteiger partial charge in [-0.25, -0.2) is 0 Å². The molecule has 2 aliphatic rings. The van der Waals surface area contributed by atoms with Gasteiger partial charge in [-0.1, -0.05) is 0 Å². The average Bonchev–Trinajstić information content (AvgIpc) is 2.48. The molecule has 4 heteroatoms. The molecule has 0 aromatic rings. The molecule has 0 spiro atoms. The van der Waals surface area contributed by atoms with E-state index in [2.05, 4.69) is 5.32 Å². The third-order valence-corrected chi connectivity index (χ3v) is 3.80. The maximum atomic E-state index is 11.6. The number of likely N-dealkylation sites (N-methyl/N-ethyl adjacent to an activating group) is 1. The lowest BCUT2D eigenvalue weighted by atomic mass is 9.80. The number of methoxy groups -OCH3 is 1. The van der Waals surface area contributed by atoms with Crippen LogP contribution in [-0.4, -0.2) is 49.7 Å². The van der Waals surface area contributed by atoms with Gasteiger partial charge in [-0.15, -0.1) is 0 Å². The number of nitrogens with zero attached hydrogens (tertiary/aromatic N) is 1. The van der Waals surface area contributed by atoms with Crippen molar-refractivity contribution in [2.75, 3.05) is 27.2 Å². The predicted octanol–water partition coefficient (Wildman–Crippen LogP) is 0.376. The van der Waals surface area contributed by atoms with Crippen molar-refractivity contribution in [3.8, 4) is 0 Å². The van der Waals surface area contributed by atoms with Crippen LogP contribution < -0.4 is 5.32 Å². The van der Waals surface area contributed by atoms with Crippen molar-refractivity contribution >= 4 is 5.91 Å². The molecule has 1 saturated heterocycles. The Labute approximate surface area is 91.0 Å². The van der Waals surface area contributed by atoms with Gasteiger partial charge in [0.2, 0.25) is 5.91 Å². The van der Waals surface area contributed by atoms with Crippen molar-refractivity contribution < 1.29 is 9.53 Å². The quantitative estimate of drug-likeness (QED) is 0.732. The largest absolute Gasteiger partial charge is 0.377 e. The molecule has 1 saturated carbocycles. The molecule has 1 unspecified atom stereocenters. The van der Waals surface area contributed by atoms with E-state index >= 15 is 0 Å². The Morgan fingerprint density at radius 3 is 2.73 bits per heavy atom. The monoisotopic (exact) mass is 212 g/mol. The van der Waals surface area contributed by atoms with Crippen LogP contribution in [-0.2, 0) is 9.53 Å². The van der Waals surface area contributed by atoms with E-state index in [0.29, 0.717) is 0 Å². The molecule has 2 fully saturated rings. The smallest absolute Gasteiger partial charge is 0.239 e. The van der Waals surface area contributed by atoms with Crippen LogP contribution in [0.25, 0.3) is 0 Å². The molecule has 0 aromatic carbocycles. The summed E-state index contributed by atoms with van der Waals surface area (Å²) in [6.45, 7) is 1.68. The molecular weight excluding hydrogens is 192 g/mol. The second-order valence-electron chi connectivity index (χ2n) is 4.72. The van der Waals surface area contributed by atoms with Crippen LogP contribution in [0.5, 0.6) is 0 Å². The Kier molecular flexibility index (Phi) is 2.98. The maximum Gasteiger partial charge on any atom is 0.239 e. The number of likely N-dealkylation sites (tertiary alicyclic amines) is 1.